The number of methoxy groups -OCH3 is 1. The lowest BCUT2D eigenvalue weighted by Crippen LogP contribution is -2.49. The van der Waals surface area contributed by atoms with Gasteiger partial charge in [-0.2, -0.15) is 0 Å². The quantitative estimate of drug-likeness (QED) is 0.774. The van der Waals surface area contributed by atoms with E-state index in [1.807, 2.05) is 12.1 Å². The highest BCUT2D eigenvalue weighted by Gasteiger charge is 2.72. The molecule has 2 saturated heterocycles. The van der Waals surface area contributed by atoms with Gasteiger partial charge in [0.25, 0.3) is 0 Å². The Morgan fingerprint density at radius 2 is 2.23 bits per heavy atom. The van der Waals surface area contributed by atoms with Gasteiger partial charge in [0.05, 0.1) is 18.3 Å². The van der Waals surface area contributed by atoms with Gasteiger partial charge in [-0.1, -0.05) is 19.1 Å². The highest BCUT2D eigenvalue weighted by atomic mass is 16.6. The summed E-state index contributed by atoms with van der Waals surface area (Å²) >= 11 is 0. The van der Waals surface area contributed by atoms with Gasteiger partial charge in [0.2, 0.25) is 0 Å². The van der Waals surface area contributed by atoms with E-state index in [0.717, 1.165) is 30.5 Å². The zero-order valence-corrected chi connectivity index (χ0v) is 14.9. The van der Waals surface area contributed by atoms with Crippen LogP contribution in [0.25, 0.3) is 0 Å². The Labute approximate surface area is 151 Å². The minimum atomic E-state index is -0.566. The fraction of sp³-hybridized carbons (Fsp3) is 0.550. The number of hydrogen-bond donors (Lipinski definition) is 0. The highest BCUT2D eigenvalue weighted by molar-refractivity contribution is 5.94. The first-order valence-corrected chi connectivity index (χ1v) is 9.16. The minimum Gasteiger partial charge on any atom is -0.464 e. The molecule has 6 heteroatoms. The van der Waals surface area contributed by atoms with Gasteiger partial charge in [0, 0.05) is 18.0 Å². The second-order valence-electron chi connectivity index (χ2n) is 7.88. The van der Waals surface area contributed by atoms with Crippen molar-refractivity contribution in [3.8, 4) is 0 Å². The summed E-state index contributed by atoms with van der Waals surface area (Å²) in [5.41, 5.74) is 0.845. The summed E-state index contributed by atoms with van der Waals surface area (Å²) in [6, 6.07) is 5.38. The van der Waals surface area contributed by atoms with E-state index in [4.69, 9.17) is 14.2 Å². The molecule has 0 aromatic carbocycles. The number of pyridine rings is 1. The van der Waals surface area contributed by atoms with Gasteiger partial charge in [0.1, 0.15) is 17.4 Å². The number of esters is 2. The lowest BCUT2D eigenvalue weighted by atomic mass is 9.80. The zero-order valence-electron chi connectivity index (χ0n) is 14.9. The number of carbonyl (C=O) groups is 2. The third-order valence-corrected chi connectivity index (χ3v) is 6.64. The maximum absolute atomic E-state index is 12.3. The minimum absolute atomic E-state index is 0.0728. The molecule has 0 N–H and O–H groups in total. The molecule has 26 heavy (non-hydrogen) atoms. The van der Waals surface area contributed by atoms with Gasteiger partial charge < -0.3 is 14.2 Å². The number of ether oxygens (including phenoxy) is 3. The molecule has 2 unspecified atom stereocenters. The molecule has 3 aliphatic heterocycles. The van der Waals surface area contributed by atoms with Gasteiger partial charge in [-0.25, -0.2) is 14.6 Å². The smallest absolute Gasteiger partial charge is 0.356 e. The molecule has 1 spiro atoms. The van der Waals surface area contributed by atoms with Crippen LogP contribution in [0.2, 0.25) is 0 Å². The van der Waals surface area contributed by atoms with E-state index >= 15 is 0 Å². The maximum atomic E-state index is 12.3. The predicted molar refractivity (Wildman–Crippen MR) is 90.3 cm³/mol. The molecule has 1 aromatic heterocycles. The van der Waals surface area contributed by atoms with Crippen molar-refractivity contribution in [1.29, 1.82) is 0 Å². The molecule has 1 saturated carbocycles. The Kier molecular flexibility index (Phi) is 3.18. The molecule has 2 bridgehead atoms. The van der Waals surface area contributed by atoms with Gasteiger partial charge >= 0.3 is 11.9 Å². The van der Waals surface area contributed by atoms with Crippen molar-refractivity contribution in [2.75, 3.05) is 7.11 Å². The third kappa shape index (κ3) is 1.88. The van der Waals surface area contributed by atoms with Gasteiger partial charge in [-0.15, -0.1) is 0 Å². The summed E-state index contributed by atoms with van der Waals surface area (Å²) in [6.07, 6.45) is 5.26. The van der Waals surface area contributed by atoms with E-state index in [2.05, 4.69) is 18.0 Å². The summed E-state index contributed by atoms with van der Waals surface area (Å²) in [5, 5.41) is 0. The molecule has 0 amide bonds. The summed E-state index contributed by atoms with van der Waals surface area (Å²) in [4.78, 5) is 28.6. The molecule has 5 rings (SSSR count). The van der Waals surface area contributed by atoms with Crippen LogP contribution in [0, 0.1) is 11.8 Å². The van der Waals surface area contributed by atoms with Crippen LogP contribution in [0.4, 0.5) is 0 Å². The topological polar surface area (TPSA) is 74.7 Å². The zero-order chi connectivity index (χ0) is 18.1. The van der Waals surface area contributed by atoms with Crippen LogP contribution in [0.15, 0.2) is 29.8 Å². The van der Waals surface area contributed by atoms with Crippen LogP contribution in [0.1, 0.15) is 42.4 Å². The van der Waals surface area contributed by atoms with Crippen LogP contribution in [0.5, 0.6) is 0 Å². The molecule has 3 fully saturated rings. The van der Waals surface area contributed by atoms with E-state index < -0.39 is 17.2 Å². The summed E-state index contributed by atoms with van der Waals surface area (Å²) < 4.78 is 17.1. The Morgan fingerprint density at radius 3 is 3.04 bits per heavy atom. The number of aromatic nitrogens is 1. The molecular weight excluding hydrogens is 334 g/mol. The molecule has 1 aromatic rings. The molecule has 4 heterocycles. The fourth-order valence-corrected chi connectivity index (χ4v) is 5.44. The highest BCUT2D eigenvalue weighted by Crippen LogP contribution is 2.64. The number of carbonyl (C=O) groups excluding carboxylic acids is 2. The SMILES string of the molecule is COC(=O)c1cccc(CC23CC4CC[C@H]5OC(=O)C(=C[C@H]2C)[C@@]45O3)n1. The van der Waals surface area contributed by atoms with Crippen molar-refractivity contribution in [2.45, 2.75) is 49.9 Å². The Hall–Kier alpha value is -2.21. The van der Waals surface area contributed by atoms with E-state index in [9.17, 15) is 9.59 Å². The van der Waals surface area contributed by atoms with Crippen LogP contribution in [-0.2, 0) is 25.4 Å². The number of fused-ring (bicyclic) bond motifs is 1. The number of nitrogens with zero attached hydrogens (tertiary/aromatic N) is 1. The lowest BCUT2D eigenvalue weighted by molar-refractivity contribution is -0.149. The first-order chi connectivity index (χ1) is 12.5. The van der Waals surface area contributed by atoms with E-state index in [1.54, 1.807) is 6.07 Å². The molecule has 0 radical (unpaired) electrons. The molecule has 1 aliphatic carbocycles. The van der Waals surface area contributed by atoms with Crippen molar-refractivity contribution in [3.63, 3.8) is 0 Å². The van der Waals surface area contributed by atoms with Crippen molar-refractivity contribution < 1.29 is 23.8 Å². The first-order valence-electron chi connectivity index (χ1n) is 9.16. The normalized spacial score (nSPS) is 39.4. The van der Waals surface area contributed by atoms with E-state index in [-0.39, 0.29) is 18.0 Å². The monoisotopic (exact) mass is 355 g/mol. The van der Waals surface area contributed by atoms with Crippen LogP contribution >= 0.6 is 0 Å². The molecule has 136 valence electrons. The molecule has 5 atom stereocenters. The number of rotatable bonds is 3. The third-order valence-electron chi connectivity index (χ3n) is 6.64. The maximum Gasteiger partial charge on any atom is 0.356 e. The van der Waals surface area contributed by atoms with Crippen LogP contribution in [-0.4, -0.2) is 41.3 Å². The Morgan fingerprint density at radius 1 is 1.38 bits per heavy atom. The van der Waals surface area contributed by atoms with Crippen molar-refractivity contribution in [2.24, 2.45) is 11.8 Å². The summed E-state index contributed by atoms with van der Waals surface area (Å²) in [7, 11) is 1.35. The summed E-state index contributed by atoms with van der Waals surface area (Å²) in [6.45, 7) is 2.09. The van der Waals surface area contributed by atoms with E-state index in [0.29, 0.717) is 18.0 Å². The summed E-state index contributed by atoms with van der Waals surface area (Å²) in [5.74, 6) is -0.281. The predicted octanol–water partition coefficient (Wildman–Crippen LogP) is 2.22. The van der Waals surface area contributed by atoms with E-state index in [1.165, 1.54) is 7.11 Å². The molecular formula is C20H21NO5. The fourth-order valence-electron chi connectivity index (χ4n) is 5.44. The Bertz CT molecular complexity index is 848. The molecule has 6 nitrogen and oxygen atoms in total. The average molecular weight is 355 g/mol. The first kappa shape index (κ1) is 16.0. The van der Waals surface area contributed by atoms with Gasteiger partial charge in [0.15, 0.2) is 0 Å². The number of hydrogen-bond acceptors (Lipinski definition) is 6. The second kappa shape index (κ2) is 5.16. The van der Waals surface area contributed by atoms with Crippen molar-refractivity contribution in [1.82, 2.24) is 4.98 Å². The second-order valence-corrected chi connectivity index (χ2v) is 7.88. The average Bonchev–Trinajstić information content (AvgIpc) is 3.18. The van der Waals surface area contributed by atoms with Crippen LogP contribution in [0.3, 0.4) is 0 Å². The largest absolute Gasteiger partial charge is 0.464 e. The standard InChI is InChI=1S/C20H21NO5/c1-11-8-14-17(22)25-16-7-6-12-9-19(11,26-20(12,14)16)10-13-4-3-5-15(21-13)18(23)24-2/h3-5,8,11-12,16H,6-7,9-10H2,1-2H3/t11-,12?,16-,19?,20+/m1/s1. The van der Waals surface area contributed by atoms with Gasteiger partial charge in [-0.05, 0) is 37.3 Å². The van der Waals surface area contributed by atoms with Gasteiger partial charge in [-0.3, -0.25) is 0 Å². The van der Waals surface area contributed by atoms with Crippen molar-refractivity contribution in [3.05, 3.63) is 41.2 Å². The molecule has 4 aliphatic rings. The van der Waals surface area contributed by atoms with Crippen LogP contribution < -0.4 is 0 Å². The van der Waals surface area contributed by atoms with Crippen molar-refractivity contribution >= 4 is 11.9 Å². The Balaban J connectivity index is 1.52. The lowest BCUT2D eigenvalue weighted by Gasteiger charge is -2.41.